The van der Waals surface area contributed by atoms with Crippen molar-refractivity contribution in [2.24, 2.45) is 0 Å². The summed E-state index contributed by atoms with van der Waals surface area (Å²) in [5.41, 5.74) is 1.24. The van der Waals surface area contributed by atoms with Crippen LogP contribution < -0.4 is 19.5 Å². The van der Waals surface area contributed by atoms with Gasteiger partial charge in [0, 0.05) is 10.2 Å². The summed E-state index contributed by atoms with van der Waals surface area (Å²) in [6, 6.07) is 20.1. The Labute approximate surface area is 199 Å². The summed E-state index contributed by atoms with van der Waals surface area (Å²) < 4.78 is 16.7. The highest BCUT2D eigenvalue weighted by molar-refractivity contribution is 9.10. The number of methoxy groups -OCH3 is 2. The molecule has 0 saturated carbocycles. The molecule has 0 heterocycles. The van der Waals surface area contributed by atoms with E-state index in [0.717, 1.165) is 4.47 Å². The third-order valence-electron chi connectivity index (χ3n) is 4.49. The molecule has 166 valence electrons. The third kappa shape index (κ3) is 6.21. The fourth-order valence-corrected chi connectivity index (χ4v) is 3.06. The molecule has 0 aliphatic carbocycles. The standard InChI is InChI=1S/C25H19BrN2O5/c1-31-21-10-4-17(5-11-21)25(30)33-23-14-16(3-12-22(23)32-2)13-18(15-27)24(29)28-20-8-6-19(26)7-9-20/h3-14H,1-2H3,(H,28,29)/b18-13+. The highest BCUT2D eigenvalue weighted by atomic mass is 79.9. The second-order valence-corrected chi connectivity index (χ2v) is 7.57. The number of hydrogen-bond acceptors (Lipinski definition) is 6. The Morgan fingerprint density at radius 2 is 1.64 bits per heavy atom. The van der Waals surface area contributed by atoms with Crippen LogP contribution in [-0.4, -0.2) is 26.1 Å². The summed E-state index contributed by atoms with van der Waals surface area (Å²) in [6.07, 6.45) is 1.40. The lowest BCUT2D eigenvalue weighted by molar-refractivity contribution is -0.112. The summed E-state index contributed by atoms with van der Waals surface area (Å²) in [4.78, 5) is 25.1. The van der Waals surface area contributed by atoms with Gasteiger partial charge in [-0.25, -0.2) is 4.79 Å². The first-order valence-electron chi connectivity index (χ1n) is 9.66. The van der Waals surface area contributed by atoms with Gasteiger partial charge >= 0.3 is 5.97 Å². The zero-order valence-electron chi connectivity index (χ0n) is 17.8. The molecular weight excluding hydrogens is 488 g/mol. The van der Waals surface area contributed by atoms with Gasteiger partial charge in [-0.05, 0) is 72.3 Å². The molecule has 0 atom stereocenters. The van der Waals surface area contributed by atoms with Crippen molar-refractivity contribution in [2.45, 2.75) is 0 Å². The summed E-state index contributed by atoms with van der Waals surface area (Å²) in [5.74, 6) is -0.0655. The SMILES string of the molecule is COc1ccc(C(=O)Oc2cc(/C=C(\C#N)C(=O)Nc3ccc(Br)cc3)ccc2OC)cc1. The Balaban J connectivity index is 1.82. The lowest BCUT2D eigenvalue weighted by Gasteiger charge is -2.11. The number of nitrogens with zero attached hydrogens (tertiary/aromatic N) is 1. The van der Waals surface area contributed by atoms with Crippen molar-refractivity contribution < 1.29 is 23.8 Å². The zero-order valence-corrected chi connectivity index (χ0v) is 19.4. The van der Waals surface area contributed by atoms with Crippen LogP contribution in [0.4, 0.5) is 5.69 Å². The Kier molecular flexibility index (Phi) is 7.84. The van der Waals surface area contributed by atoms with Gasteiger partial charge in [0.05, 0.1) is 19.8 Å². The Morgan fingerprint density at radius 3 is 2.24 bits per heavy atom. The van der Waals surface area contributed by atoms with Crippen molar-refractivity contribution in [3.8, 4) is 23.3 Å². The quantitative estimate of drug-likeness (QED) is 0.204. The fraction of sp³-hybridized carbons (Fsp3) is 0.0800. The number of esters is 1. The number of nitriles is 1. The molecule has 3 aromatic rings. The number of rotatable bonds is 7. The lowest BCUT2D eigenvalue weighted by Crippen LogP contribution is -2.13. The molecule has 0 unspecified atom stereocenters. The van der Waals surface area contributed by atoms with E-state index < -0.39 is 11.9 Å². The minimum atomic E-state index is -0.592. The van der Waals surface area contributed by atoms with Crippen LogP contribution in [0.5, 0.6) is 17.2 Å². The zero-order chi connectivity index (χ0) is 23.8. The van der Waals surface area contributed by atoms with Crippen molar-refractivity contribution >= 4 is 39.6 Å². The normalized spacial score (nSPS) is 10.7. The Morgan fingerprint density at radius 1 is 0.939 bits per heavy atom. The molecule has 0 aliphatic rings. The van der Waals surface area contributed by atoms with Crippen molar-refractivity contribution in [1.82, 2.24) is 0 Å². The highest BCUT2D eigenvalue weighted by Crippen LogP contribution is 2.30. The van der Waals surface area contributed by atoms with Gasteiger partial charge in [-0.2, -0.15) is 5.26 Å². The van der Waals surface area contributed by atoms with Crippen LogP contribution in [0.25, 0.3) is 6.08 Å². The largest absolute Gasteiger partial charge is 0.497 e. The summed E-state index contributed by atoms with van der Waals surface area (Å²) in [7, 11) is 2.98. The Hall–Kier alpha value is -4.09. The van der Waals surface area contributed by atoms with Gasteiger partial charge in [0.25, 0.3) is 5.91 Å². The number of amides is 1. The number of carbonyl (C=O) groups excluding carboxylic acids is 2. The number of halogens is 1. The van der Waals surface area contributed by atoms with Crippen molar-refractivity contribution in [3.05, 3.63) is 87.9 Å². The molecule has 0 fully saturated rings. The van der Waals surface area contributed by atoms with Crippen molar-refractivity contribution in [3.63, 3.8) is 0 Å². The molecule has 0 aliphatic heterocycles. The van der Waals surface area contributed by atoms with E-state index in [-0.39, 0.29) is 11.3 Å². The van der Waals surface area contributed by atoms with Gasteiger partial charge in [0.1, 0.15) is 17.4 Å². The molecule has 0 saturated heterocycles. The molecule has 3 rings (SSSR count). The molecule has 8 heteroatoms. The number of benzene rings is 3. The van der Waals surface area contributed by atoms with Gasteiger partial charge in [0.2, 0.25) is 0 Å². The van der Waals surface area contributed by atoms with Crippen molar-refractivity contribution in [1.29, 1.82) is 5.26 Å². The maximum Gasteiger partial charge on any atom is 0.343 e. The van der Waals surface area contributed by atoms with E-state index in [9.17, 15) is 14.9 Å². The molecule has 0 radical (unpaired) electrons. The second kappa shape index (κ2) is 11.0. The smallest absolute Gasteiger partial charge is 0.343 e. The van der Waals surface area contributed by atoms with Crippen LogP contribution >= 0.6 is 15.9 Å². The number of carbonyl (C=O) groups is 2. The topological polar surface area (TPSA) is 97.7 Å². The highest BCUT2D eigenvalue weighted by Gasteiger charge is 2.15. The molecule has 3 aromatic carbocycles. The summed E-state index contributed by atoms with van der Waals surface area (Å²) in [5, 5.41) is 12.1. The van der Waals surface area contributed by atoms with Crippen LogP contribution in [-0.2, 0) is 4.79 Å². The number of ether oxygens (including phenoxy) is 3. The molecule has 33 heavy (non-hydrogen) atoms. The van der Waals surface area contributed by atoms with Crippen LogP contribution in [0.2, 0.25) is 0 Å². The van der Waals surface area contributed by atoms with Gasteiger partial charge in [-0.1, -0.05) is 22.0 Å². The monoisotopic (exact) mass is 506 g/mol. The average molecular weight is 507 g/mol. The summed E-state index contributed by atoms with van der Waals surface area (Å²) >= 11 is 3.33. The van der Waals surface area contributed by atoms with E-state index in [4.69, 9.17) is 14.2 Å². The van der Waals surface area contributed by atoms with E-state index in [1.807, 2.05) is 6.07 Å². The third-order valence-corrected chi connectivity index (χ3v) is 5.02. The van der Waals surface area contributed by atoms with Crippen LogP contribution in [0.3, 0.4) is 0 Å². The molecule has 0 aromatic heterocycles. The van der Waals surface area contributed by atoms with Gasteiger partial charge in [-0.15, -0.1) is 0 Å². The van der Waals surface area contributed by atoms with E-state index in [1.165, 1.54) is 26.4 Å². The molecule has 7 nitrogen and oxygen atoms in total. The first-order valence-corrected chi connectivity index (χ1v) is 10.5. The molecule has 0 spiro atoms. The first kappa shape index (κ1) is 23.6. The van der Waals surface area contributed by atoms with Gasteiger partial charge < -0.3 is 19.5 Å². The van der Waals surface area contributed by atoms with Gasteiger partial charge in [0.15, 0.2) is 11.5 Å². The minimum Gasteiger partial charge on any atom is -0.497 e. The molecular formula is C25H19BrN2O5. The van der Waals surface area contributed by atoms with Crippen LogP contribution in [0.1, 0.15) is 15.9 Å². The minimum absolute atomic E-state index is 0.115. The summed E-state index contributed by atoms with van der Waals surface area (Å²) in [6.45, 7) is 0. The molecule has 1 amide bonds. The van der Waals surface area contributed by atoms with E-state index >= 15 is 0 Å². The van der Waals surface area contributed by atoms with Crippen molar-refractivity contribution in [2.75, 3.05) is 19.5 Å². The molecule has 1 N–H and O–H groups in total. The van der Waals surface area contributed by atoms with Gasteiger partial charge in [-0.3, -0.25) is 4.79 Å². The van der Waals surface area contributed by atoms with Crippen LogP contribution in [0, 0.1) is 11.3 Å². The maximum absolute atomic E-state index is 12.6. The van der Waals surface area contributed by atoms with E-state index in [2.05, 4.69) is 21.2 Å². The first-order chi connectivity index (χ1) is 15.9. The lowest BCUT2D eigenvalue weighted by atomic mass is 10.1. The van der Waals surface area contributed by atoms with E-state index in [0.29, 0.717) is 28.3 Å². The second-order valence-electron chi connectivity index (χ2n) is 6.66. The predicted molar refractivity (Wildman–Crippen MR) is 127 cm³/mol. The number of nitrogens with one attached hydrogen (secondary N) is 1. The van der Waals surface area contributed by atoms with E-state index in [1.54, 1.807) is 60.7 Å². The number of hydrogen-bond donors (Lipinski definition) is 1. The molecule has 0 bridgehead atoms. The predicted octanol–water partition coefficient (Wildman–Crippen LogP) is 5.23. The van der Waals surface area contributed by atoms with Crippen LogP contribution in [0.15, 0.2) is 76.8 Å². The number of anilines is 1. The fourth-order valence-electron chi connectivity index (χ4n) is 2.80. The Bertz CT molecular complexity index is 1230. The average Bonchev–Trinajstić information content (AvgIpc) is 2.84. The maximum atomic E-state index is 12.6.